The molecule has 0 fully saturated rings. The second kappa shape index (κ2) is 8.16. The van der Waals surface area contributed by atoms with Crippen molar-refractivity contribution in [3.05, 3.63) is 24.3 Å². The van der Waals surface area contributed by atoms with Crippen LogP contribution in [-0.4, -0.2) is 51.1 Å². The molecule has 0 atom stereocenters. The lowest BCUT2D eigenvalue weighted by molar-refractivity contribution is -0.141. The average Bonchev–Trinajstić information content (AvgIpc) is 2.45. The molecular weight excluding hydrogens is 260 g/mol. The Hall–Kier alpha value is -2.08. The molecule has 1 aromatic carbocycles. The minimum absolute atomic E-state index is 0.133. The van der Waals surface area contributed by atoms with Crippen molar-refractivity contribution in [1.82, 2.24) is 4.90 Å². The van der Waals surface area contributed by atoms with Gasteiger partial charge in [-0.05, 0) is 19.2 Å². The Morgan fingerprint density at radius 1 is 1.25 bits per heavy atom. The number of carbonyl (C=O) groups is 2. The fourth-order valence-electron chi connectivity index (χ4n) is 1.62. The smallest absolute Gasteiger partial charge is 0.319 e. The van der Waals surface area contributed by atoms with Crippen molar-refractivity contribution in [3.8, 4) is 5.75 Å². The first-order valence-corrected chi connectivity index (χ1v) is 6.25. The summed E-state index contributed by atoms with van der Waals surface area (Å²) in [5, 5.41) is 2.78. The van der Waals surface area contributed by atoms with Crippen LogP contribution in [0.3, 0.4) is 0 Å². The van der Waals surface area contributed by atoms with Crippen LogP contribution in [0.5, 0.6) is 5.75 Å². The summed E-state index contributed by atoms with van der Waals surface area (Å²) in [5.74, 6) is 0.160. The predicted molar refractivity (Wildman–Crippen MR) is 75.8 cm³/mol. The number of para-hydroxylation sites is 2. The Labute approximate surface area is 118 Å². The average molecular weight is 280 g/mol. The van der Waals surface area contributed by atoms with E-state index in [1.807, 2.05) is 12.1 Å². The molecule has 1 rings (SSSR count). The lowest BCUT2D eigenvalue weighted by Crippen LogP contribution is -2.30. The highest BCUT2D eigenvalue weighted by atomic mass is 16.5. The molecular formula is C14H20N2O4. The van der Waals surface area contributed by atoms with Crippen molar-refractivity contribution >= 4 is 17.6 Å². The second-order valence-corrected chi connectivity index (χ2v) is 4.31. The number of hydrogen-bond donors (Lipinski definition) is 1. The molecule has 0 aliphatic carbocycles. The minimum Gasteiger partial charge on any atom is -0.495 e. The van der Waals surface area contributed by atoms with Crippen LogP contribution < -0.4 is 10.1 Å². The summed E-state index contributed by atoms with van der Waals surface area (Å²) < 4.78 is 9.71. The molecule has 110 valence electrons. The Bertz CT molecular complexity index is 462. The maximum atomic E-state index is 11.8. The SMILES string of the molecule is COC(=O)CN(C)CCC(=O)Nc1ccccc1OC. The van der Waals surface area contributed by atoms with Gasteiger partial charge in [-0.3, -0.25) is 14.5 Å². The molecule has 0 unspecified atom stereocenters. The van der Waals surface area contributed by atoms with Gasteiger partial charge in [-0.25, -0.2) is 0 Å². The molecule has 1 aromatic rings. The Morgan fingerprint density at radius 3 is 2.60 bits per heavy atom. The van der Waals surface area contributed by atoms with E-state index in [4.69, 9.17) is 4.74 Å². The maximum absolute atomic E-state index is 11.8. The molecule has 6 nitrogen and oxygen atoms in total. The van der Waals surface area contributed by atoms with Crippen molar-refractivity contribution in [1.29, 1.82) is 0 Å². The van der Waals surface area contributed by atoms with Crippen LogP contribution in [0.25, 0.3) is 0 Å². The van der Waals surface area contributed by atoms with Gasteiger partial charge in [0.2, 0.25) is 5.91 Å². The van der Waals surface area contributed by atoms with Crippen LogP contribution in [0, 0.1) is 0 Å². The number of hydrogen-bond acceptors (Lipinski definition) is 5. The zero-order valence-corrected chi connectivity index (χ0v) is 12.0. The van der Waals surface area contributed by atoms with Gasteiger partial charge in [0.25, 0.3) is 0 Å². The highest BCUT2D eigenvalue weighted by molar-refractivity contribution is 5.92. The van der Waals surface area contributed by atoms with E-state index in [1.165, 1.54) is 7.11 Å². The number of esters is 1. The van der Waals surface area contributed by atoms with Gasteiger partial charge in [-0.15, -0.1) is 0 Å². The predicted octanol–water partition coefficient (Wildman–Crippen LogP) is 1.13. The fourth-order valence-corrected chi connectivity index (χ4v) is 1.62. The first-order valence-electron chi connectivity index (χ1n) is 6.25. The zero-order chi connectivity index (χ0) is 15.0. The highest BCUT2D eigenvalue weighted by Crippen LogP contribution is 2.22. The lowest BCUT2D eigenvalue weighted by atomic mass is 10.2. The standard InChI is InChI=1S/C14H20N2O4/c1-16(10-14(18)20-3)9-8-13(17)15-11-6-4-5-7-12(11)19-2/h4-7H,8-10H2,1-3H3,(H,15,17). The number of nitrogens with zero attached hydrogens (tertiary/aromatic N) is 1. The Morgan fingerprint density at radius 2 is 1.95 bits per heavy atom. The number of benzene rings is 1. The number of rotatable bonds is 7. The summed E-state index contributed by atoms with van der Waals surface area (Å²) in [6, 6.07) is 7.20. The van der Waals surface area contributed by atoms with Gasteiger partial charge < -0.3 is 14.8 Å². The summed E-state index contributed by atoms with van der Waals surface area (Å²) in [6.45, 7) is 0.633. The molecule has 0 heterocycles. The number of methoxy groups -OCH3 is 2. The third-order valence-corrected chi connectivity index (χ3v) is 2.73. The second-order valence-electron chi connectivity index (χ2n) is 4.31. The Kier molecular flexibility index (Phi) is 6.52. The van der Waals surface area contributed by atoms with E-state index in [2.05, 4.69) is 10.1 Å². The van der Waals surface area contributed by atoms with E-state index in [0.29, 0.717) is 18.0 Å². The van der Waals surface area contributed by atoms with Crippen molar-refractivity contribution in [3.63, 3.8) is 0 Å². The molecule has 0 aliphatic heterocycles. The van der Waals surface area contributed by atoms with Crippen LogP contribution in [0.2, 0.25) is 0 Å². The zero-order valence-electron chi connectivity index (χ0n) is 12.0. The van der Waals surface area contributed by atoms with Gasteiger partial charge in [-0.2, -0.15) is 0 Å². The van der Waals surface area contributed by atoms with E-state index in [9.17, 15) is 9.59 Å². The summed E-state index contributed by atoms with van der Waals surface area (Å²) in [6.07, 6.45) is 0.283. The molecule has 0 spiro atoms. The van der Waals surface area contributed by atoms with Crippen molar-refractivity contribution in [2.45, 2.75) is 6.42 Å². The van der Waals surface area contributed by atoms with E-state index < -0.39 is 0 Å². The van der Waals surface area contributed by atoms with Crippen LogP contribution >= 0.6 is 0 Å². The molecule has 0 aromatic heterocycles. The quantitative estimate of drug-likeness (QED) is 0.758. The Balaban J connectivity index is 2.42. The molecule has 6 heteroatoms. The van der Waals surface area contributed by atoms with Crippen LogP contribution in [0.15, 0.2) is 24.3 Å². The van der Waals surface area contributed by atoms with E-state index >= 15 is 0 Å². The van der Waals surface area contributed by atoms with Gasteiger partial charge in [0, 0.05) is 13.0 Å². The largest absolute Gasteiger partial charge is 0.495 e. The van der Waals surface area contributed by atoms with E-state index in [1.54, 1.807) is 31.2 Å². The first-order chi connectivity index (χ1) is 9.56. The third-order valence-electron chi connectivity index (χ3n) is 2.73. The lowest BCUT2D eigenvalue weighted by Gasteiger charge is -2.15. The third kappa shape index (κ3) is 5.27. The van der Waals surface area contributed by atoms with Crippen LogP contribution in [-0.2, 0) is 14.3 Å². The van der Waals surface area contributed by atoms with Crippen LogP contribution in [0.4, 0.5) is 5.69 Å². The topological polar surface area (TPSA) is 67.9 Å². The number of likely N-dealkylation sites (N-methyl/N-ethyl adjacent to an activating group) is 1. The molecule has 0 radical (unpaired) electrons. The molecule has 0 saturated carbocycles. The monoisotopic (exact) mass is 280 g/mol. The van der Waals surface area contributed by atoms with Crippen LogP contribution in [0.1, 0.15) is 6.42 Å². The number of amides is 1. The molecule has 1 amide bonds. The molecule has 0 bridgehead atoms. The maximum Gasteiger partial charge on any atom is 0.319 e. The highest BCUT2D eigenvalue weighted by Gasteiger charge is 2.10. The van der Waals surface area contributed by atoms with Gasteiger partial charge in [0.05, 0.1) is 26.5 Å². The van der Waals surface area contributed by atoms with Gasteiger partial charge in [0.15, 0.2) is 0 Å². The number of ether oxygens (including phenoxy) is 2. The summed E-state index contributed by atoms with van der Waals surface area (Å²) in [4.78, 5) is 24.6. The molecule has 1 N–H and O–H groups in total. The summed E-state index contributed by atoms with van der Waals surface area (Å²) >= 11 is 0. The number of anilines is 1. The molecule has 20 heavy (non-hydrogen) atoms. The molecule has 0 saturated heterocycles. The van der Waals surface area contributed by atoms with Crippen molar-refractivity contribution < 1.29 is 19.1 Å². The van der Waals surface area contributed by atoms with E-state index in [0.717, 1.165) is 0 Å². The number of nitrogens with one attached hydrogen (secondary N) is 1. The minimum atomic E-state index is -0.322. The van der Waals surface area contributed by atoms with E-state index in [-0.39, 0.29) is 24.8 Å². The normalized spacial score (nSPS) is 10.2. The van der Waals surface area contributed by atoms with Gasteiger partial charge in [-0.1, -0.05) is 12.1 Å². The first kappa shape index (κ1) is 16.0. The van der Waals surface area contributed by atoms with Crippen molar-refractivity contribution in [2.75, 3.05) is 39.7 Å². The van der Waals surface area contributed by atoms with Gasteiger partial charge >= 0.3 is 5.97 Å². The summed E-state index contributed by atoms with van der Waals surface area (Å²) in [7, 11) is 4.65. The fraction of sp³-hybridized carbons (Fsp3) is 0.429. The summed E-state index contributed by atoms with van der Waals surface area (Å²) in [5.41, 5.74) is 0.635. The van der Waals surface area contributed by atoms with Crippen molar-refractivity contribution in [2.24, 2.45) is 0 Å². The molecule has 0 aliphatic rings. The number of carbonyl (C=O) groups excluding carboxylic acids is 2. The van der Waals surface area contributed by atoms with Gasteiger partial charge in [0.1, 0.15) is 5.75 Å².